The highest BCUT2D eigenvalue weighted by molar-refractivity contribution is 7.98. The number of nitrogens with one attached hydrogen (secondary N) is 1. The Morgan fingerprint density at radius 1 is 1.03 bits per heavy atom. The minimum absolute atomic E-state index is 0.159. The average molecular weight is 455 g/mol. The first kappa shape index (κ1) is 21.9. The molecular formula is C24H26N2O3S2. The topological polar surface area (TPSA) is 66.5 Å². The normalized spacial score (nSPS) is 14.9. The Labute approximate surface area is 187 Å². The van der Waals surface area contributed by atoms with Gasteiger partial charge in [-0.2, -0.15) is 16.5 Å². The van der Waals surface area contributed by atoms with Crippen LogP contribution < -0.4 is 4.72 Å². The summed E-state index contributed by atoms with van der Waals surface area (Å²) in [6, 6.07) is 20.0. The van der Waals surface area contributed by atoms with Crippen LogP contribution >= 0.6 is 11.8 Å². The van der Waals surface area contributed by atoms with Crippen molar-refractivity contribution in [2.24, 2.45) is 0 Å². The van der Waals surface area contributed by atoms with E-state index < -0.39 is 16.1 Å². The van der Waals surface area contributed by atoms with E-state index in [0.717, 1.165) is 22.8 Å². The molecule has 0 radical (unpaired) electrons. The van der Waals surface area contributed by atoms with Gasteiger partial charge in [0.1, 0.15) is 6.04 Å². The van der Waals surface area contributed by atoms with Gasteiger partial charge in [-0.25, -0.2) is 8.42 Å². The molecule has 0 saturated heterocycles. The molecule has 1 atom stereocenters. The highest BCUT2D eigenvalue weighted by Crippen LogP contribution is 2.22. The molecule has 0 spiro atoms. The fourth-order valence-electron chi connectivity index (χ4n) is 3.96. The molecule has 7 heteroatoms. The quantitative estimate of drug-likeness (QED) is 0.589. The predicted octanol–water partition coefficient (Wildman–Crippen LogP) is 3.82. The van der Waals surface area contributed by atoms with Crippen LogP contribution in [0.5, 0.6) is 0 Å². The van der Waals surface area contributed by atoms with E-state index in [4.69, 9.17) is 0 Å². The maximum atomic E-state index is 13.3. The molecule has 31 heavy (non-hydrogen) atoms. The fraction of sp³-hybridized carbons (Fsp3) is 0.292. The number of nitrogens with zero attached hydrogens (tertiary/aromatic N) is 1. The maximum absolute atomic E-state index is 13.3. The lowest BCUT2D eigenvalue weighted by Crippen LogP contribution is -2.50. The van der Waals surface area contributed by atoms with Crippen LogP contribution in [0.1, 0.15) is 17.5 Å². The lowest BCUT2D eigenvalue weighted by Gasteiger charge is -2.32. The van der Waals surface area contributed by atoms with Gasteiger partial charge < -0.3 is 4.90 Å². The number of fused-ring (bicyclic) bond motifs is 2. The van der Waals surface area contributed by atoms with Crippen molar-refractivity contribution in [1.82, 2.24) is 9.62 Å². The highest BCUT2D eigenvalue weighted by Gasteiger charge is 2.30. The van der Waals surface area contributed by atoms with Crippen LogP contribution in [0.3, 0.4) is 0 Å². The molecule has 1 aliphatic heterocycles. The van der Waals surface area contributed by atoms with E-state index in [1.165, 1.54) is 5.56 Å². The number of hydrogen-bond acceptors (Lipinski definition) is 4. The van der Waals surface area contributed by atoms with E-state index in [1.54, 1.807) is 34.9 Å². The van der Waals surface area contributed by atoms with E-state index in [0.29, 0.717) is 25.3 Å². The lowest BCUT2D eigenvalue weighted by atomic mass is 9.99. The van der Waals surface area contributed by atoms with E-state index >= 15 is 0 Å². The van der Waals surface area contributed by atoms with Crippen molar-refractivity contribution in [3.05, 3.63) is 77.9 Å². The van der Waals surface area contributed by atoms with Crippen molar-refractivity contribution in [3.63, 3.8) is 0 Å². The van der Waals surface area contributed by atoms with Gasteiger partial charge in [-0.05, 0) is 58.9 Å². The lowest BCUT2D eigenvalue weighted by molar-refractivity contribution is -0.134. The standard InChI is InChI=1S/C24H26N2O3S2/c1-30-15-13-23(24(27)26-14-12-19-7-3-5-9-21(19)17-26)25-31(28,29)22-11-10-18-6-2-4-8-20(18)16-22/h2-11,16,23,25H,12-15,17H2,1H3/t23-/m0/s1. The first-order valence-electron chi connectivity index (χ1n) is 10.3. The number of carbonyl (C=O) groups is 1. The second kappa shape index (κ2) is 9.42. The Morgan fingerprint density at radius 3 is 2.52 bits per heavy atom. The number of carbonyl (C=O) groups excluding carboxylic acids is 1. The van der Waals surface area contributed by atoms with Crippen molar-refractivity contribution in [3.8, 4) is 0 Å². The van der Waals surface area contributed by atoms with Gasteiger partial charge in [-0.3, -0.25) is 4.79 Å². The molecule has 0 aliphatic carbocycles. The zero-order chi connectivity index (χ0) is 21.8. The molecule has 0 fully saturated rings. The van der Waals surface area contributed by atoms with Crippen molar-refractivity contribution in [1.29, 1.82) is 0 Å². The van der Waals surface area contributed by atoms with Crippen molar-refractivity contribution >= 4 is 38.5 Å². The van der Waals surface area contributed by atoms with Gasteiger partial charge in [0.15, 0.2) is 0 Å². The second-order valence-electron chi connectivity index (χ2n) is 7.74. The first-order valence-corrected chi connectivity index (χ1v) is 13.2. The average Bonchev–Trinajstić information content (AvgIpc) is 2.80. The molecule has 5 nitrogen and oxygen atoms in total. The molecular weight excluding hydrogens is 428 g/mol. The van der Waals surface area contributed by atoms with E-state index in [9.17, 15) is 13.2 Å². The minimum atomic E-state index is -3.83. The summed E-state index contributed by atoms with van der Waals surface area (Å²) < 4.78 is 29.0. The summed E-state index contributed by atoms with van der Waals surface area (Å²) in [5.41, 5.74) is 2.38. The van der Waals surface area contributed by atoms with Crippen molar-refractivity contribution in [2.45, 2.75) is 30.3 Å². The molecule has 162 valence electrons. The third kappa shape index (κ3) is 4.95. The van der Waals surface area contributed by atoms with Gasteiger partial charge >= 0.3 is 0 Å². The van der Waals surface area contributed by atoms with Crippen LogP contribution in [0.15, 0.2) is 71.6 Å². The Balaban J connectivity index is 1.56. The van der Waals surface area contributed by atoms with Crippen LogP contribution in [0.25, 0.3) is 10.8 Å². The summed E-state index contributed by atoms with van der Waals surface area (Å²) in [6.07, 6.45) is 3.19. The highest BCUT2D eigenvalue weighted by atomic mass is 32.2. The van der Waals surface area contributed by atoms with Crippen LogP contribution in [0.2, 0.25) is 0 Å². The molecule has 1 aliphatic rings. The van der Waals surface area contributed by atoms with E-state index in [1.807, 2.05) is 48.7 Å². The van der Waals surface area contributed by atoms with Crippen LogP contribution in [0.4, 0.5) is 0 Å². The maximum Gasteiger partial charge on any atom is 0.241 e. The van der Waals surface area contributed by atoms with Gasteiger partial charge in [0.2, 0.25) is 15.9 Å². The third-order valence-electron chi connectivity index (χ3n) is 5.68. The molecule has 0 unspecified atom stereocenters. The van der Waals surface area contributed by atoms with Gasteiger partial charge in [-0.1, -0.05) is 54.6 Å². The molecule has 3 aromatic rings. The Hall–Kier alpha value is -2.35. The number of rotatable bonds is 7. The number of hydrogen-bond donors (Lipinski definition) is 1. The van der Waals surface area contributed by atoms with Crippen LogP contribution in [-0.4, -0.2) is 43.8 Å². The van der Waals surface area contributed by atoms with E-state index in [-0.39, 0.29) is 10.8 Å². The van der Waals surface area contributed by atoms with Crippen LogP contribution in [-0.2, 0) is 27.8 Å². The van der Waals surface area contributed by atoms with E-state index in [2.05, 4.69) is 10.8 Å². The summed E-state index contributed by atoms with van der Waals surface area (Å²) in [7, 11) is -3.83. The number of sulfonamides is 1. The molecule has 0 saturated carbocycles. The molecule has 1 heterocycles. The third-order valence-corrected chi connectivity index (χ3v) is 7.79. The molecule has 0 bridgehead atoms. The number of thioether (sulfide) groups is 1. The van der Waals surface area contributed by atoms with Crippen molar-refractivity contribution < 1.29 is 13.2 Å². The fourth-order valence-corrected chi connectivity index (χ4v) is 5.69. The largest absolute Gasteiger partial charge is 0.337 e. The number of benzene rings is 3. The summed E-state index contributed by atoms with van der Waals surface area (Å²) in [5.74, 6) is 0.536. The molecule has 3 aromatic carbocycles. The Bertz CT molecular complexity index is 1190. The molecule has 1 N–H and O–H groups in total. The van der Waals surface area contributed by atoms with Gasteiger partial charge in [0, 0.05) is 13.1 Å². The minimum Gasteiger partial charge on any atom is -0.337 e. The summed E-state index contributed by atoms with van der Waals surface area (Å²) >= 11 is 1.60. The smallest absolute Gasteiger partial charge is 0.241 e. The van der Waals surface area contributed by atoms with Gasteiger partial charge in [-0.15, -0.1) is 0 Å². The van der Waals surface area contributed by atoms with Gasteiger partial charge in [0.25, 0.3) is 0 Å². The Morgan fingerprint density at radius 2 is 1.74 bits per heavy atom. The van der Waals surface area contributed by atoms with Gasteiger partial charge in [0.05, 0.1) is 4.90 Å². The summed E-state index contributed by atoms with van der Waals surface area (Å²) in [4.78, 5) is 15.3. The SMILES string of the molecule is CSCC[C@H](NS(=O)(=O)c1ccc2ccccc2c1)C(=O)N1CCc2ccccc2C1. The molecule has 0 aromatic heterocycles. The zero-order valence-corrected chi connectivity index (χ0v) is 19.1. The van der Waals surface area contributed by atoms with Crippen LogP contribution in [0, 0.1) is 0 Å². The van der Waals surface area contributed by atoms with Crippen molar-refractivity contribution in [2.75, 3.05) is 18.6 Å². The number of amides is 1. The first-order chi connectivity index (χ1) is 15.0. The summed E-state index contributed by atoms with van der Waals surface area (Å²) in [5, 5.41) is 1.83. The predicted molar refractivity (Wildman–Crippen MR) is 127 cm³/mol. The molecule has 4 rings (SSSR count). The molecule has 1 amide bonds. The zero-order valence-electron chi connectivity index (χ0n) is 17.5. The Kier molecular flexibility index (Phi) is 6.65. The monoisotopic (exact) mass is 454 g/mol. The second-order valence-corrected chi connectivity index (χ2v) is 10.4. The summed E-state index contributed by atoms with van der Waals surface area (Å²) in [6.45, 7) is 1.12.